The van der Waals surface area contributed by atoms with Gasteiger partial charge >= 0.3 is 0 Å². The van der Waals surface area contributed by atoms with Gasteiger partial charge < -0.3 is 19.2 Å². The average molecular weight is 331 g/mol. The minimum Gasteiger partial charge on any atom is -0.375 e. The number of ether oxygens (including phenoxy) is 1. The Morgan fingerprint density at radius 3 is 3.17 bits per heavy atom. The number of imidazole rings is 1. The summed E-state index contributed by atoms with van der Waals surface area (Å²) >= 11 is 0. The number of aryl methyl sites for hydroxylation is 2. The minimum atomic E-state index is -0.152. The fraction of sp³-hybridized carbons (Fsp3) is 0.500. The fourth-order valence-electron chi connectivity index (χ4n) is 2.78. The molecule has 8 nitrogen and oxygen atoms in total. The molecule has 0 saturated carbocycles. The van der Waals surface area contributed by atoms with E-state index in [0.29, 0.717) is 39.1 Å². The van der Waals surface area contributed by atoms with Crippen LogP contribution < -0.4 is 5.56 Å². The van der Waals surface area contributed by atoms with Gasteiger partial charge in [-0.25, -0.2) is 9.97 Å². The van der Waals surface area contributed by atoms with Gasteiger partial charge in [-0.3, -0.25) is 9.59 Å². The lowest BCUT2D eigenvalue weighted by molar-refractivity contribution is -0.139. The van der Waals surface area contributed by atoms with Crippen molar-refractivity contribution in [2.24, 2.45) is 0 Å². The van der Waals surface area contributed by atoms with E-state index in [2.05, 4.69) is 15.0 Å². The summed E-state index contributed by atoms with van der Waals surface area (Å²) in [4.78, 5) is 36.1. The molecule has 0 spiro atoms. The molecule has 0 bridgehead atoms. The van der Waals surface area contributed by atoms with E-state index in [0.717, 1.165) is 12.1 Å². The topological polar surface area (TPSA) is 93.1 Å². The number of carbonyl (C=O) groups excluding carboxylic acids is 1. The highest BCUT2D eigenvalue weighted by Gasteiger charge is 2.23. The molecule has 24 heavy (non-hydrogen) atoms. The predicted molar refractivity (Wildman–Crippen MR) is 86.3 cm³/mol. The third kappa shape index (κ3) is 4.51. The van der Waals surface area contributed by atoms with Crippen LogP contribution in [0.3, 0.4) is 0 Å². The van der Waals surface area contributed by atoms with Crippen LogP contribution in [0.15, 0.2) is 35.9 Å². The number of aromatic nitrogens is 4. The van der Waals surface area contributed by atoms with Crippen molar-refractivity contribution < 1.29 is 9.53 Å². The zero-order chi connectivity index (χ0) is 16.8. The maximum absolute atomic E-state index is 12.3. The molecule has 2 aromatic rings. The first-order valence-corrected chi connectivity index (χ1v) is 8.09. The second kappa shape index (κ2) is 7.87. The van der Waals surface area contributed by atoms with Gasteiger partial charge in [0.25, 0.3) is 5.56 Å². The Labute approximate surface area is 139 Å². The number of hydrogen-bond acceptors (Lipinski definition) is 5. The zero-order valence-corrected chi connectivity index (χ0v) is 13.4. The highest BCUT2D eigenvalue weighted by molar-refractivity contribution is 5.76. The molecule has 3 rings (SSSR count). The van der Waals surface area contributed by atoms with Gasteiger partial charge in [0.05, 0.1) is 25.4 Å². The molecule has 0 radical (unpaired) electrons. The Hall–Kier alpha value is -2.48. The van der Waals surface area contributed by atoms with E-state index >= 15 is 0 Å². The van der Waals surface area contributed by atoms with Gasteiger partial charge in [0.2, 0.25) is 5.91 Å². The molecule has 1 fully saturated rings. The highest BCUT2D eigenvalue weighted by atomic mass is 16.5. The van der Waals surface area contributed by atoms with Crippen LogP contribution >= 0.6 is 0 Å². The summed E-state index contributed by atoms with van der Waals surface area (Å²) in [7, 11) is 0. The van der Waals surface area contributed by atoms with Gasteiger partial charge in [-0.1, -0.05) is 0 Å². The lowest BCUT2D eigenvalue weighted by Gasteiger charge is -2.33. The first-order chi connectivity index (χ1) is 11.7. The Balaban J connectivity index is 1.46. The third-order valence-corrected chi connectivity index (χ3v) is 4.09. The van der Waals surface area contributed by atoms with Crippen molar-refractivity contribution in [2.75, 3.05) is 19.7 Å². The first kappa shape index (κ1) is 16.4. The predicted octanol–water partition coefficient (Wildman–Crippen LogP) is 0.217. The summed E-state index contributed by atoms with van der Waals surface area (Å²) in [6, 6.07) is 1.50. The molecule has 2 aromatic heterocycles. The summed E-state index contributed by atoms with van der Waals surface area (Å²) in [5.74, 6) is 0.131. The fourth-order valence-corrected chi connectivity index (χ4v) is 2.78. The van der Waals surface area contributed by atoms with Gasteiger partial charge in [0, 0.05) is 50.2 Å². The van der Waals surface area contributed by atoms with E-state index in [1.807, 2.05) is 15.7 Å². The normalized spacial score (nSPS) is 17.8. The monoisotopic (exact) mass is 331 g/mol. The molecule has 0 aliphatic carbocycles. The lowest BCUT2D eigenvalue weighted by atomic mass is 10.1. The van der Waals surface area contributed by atoms with Gasteiger partial charge in [-0.15, -0.1) is 0 Å². The molecule has 3 heterocycles. The van der Waals surface area contributed by atoms with Crippen LogP contribution in [0.4, 0.5) is 0 Å². The Kier molecular flexibility index (Phi) is 5.37. The standard InChI is InChI=1S/C16H21N5O3/c22-15-9-13(18-11-19-15)1-2-14-10-21(7-8-24-14)16(23)3-5-20-6-4-17-12-20/h4,6,9,11-12,14H,1-3,5,7-8,10H2,(H,18,19,22)/t14-/m0/s1. The van der Waals surface area contributed by atoms with E-state index in [1.54, 1.807) is 12.5 Å². The lowest BCUT2D eigenvalue weighted by Crippen LogP contribution is -2.46. The summed E-state index contributed by atoms with van der Waals surface area (Å²) in [6.07, 6.45) is 8.51. The average Bonchev–Trinajstić information content (AvgIpc) is 3.12. The molecule has 8 heteroatoms. The van der Waals surface area contributed by atoms with E-state index in [-0.39, 0.29) is 17.6 Å². The van der Waals surface area contributed by atoms with E-state index < -0.39 is 0 Å². The molecular formula is C16H21N5O3. The van der Waals surface area contributed by atoms with Crippen LogP contribution in [0.1, 0.15) is 18.5 Å². The van der Waals surface area contributed by atoms with Crippen molar-refractivity contribution in [3.63, 3.8) is 0 Å². The quantitative estimate of drug-likeness (QED) is 0.817. The molecule has 0 unspecified atom stereocenters. The van der Waals surface area contributed by atoms with Crippen molar-refractivity contribution in [3.8, 4) is 0 Å². The van der Waals surface area contributed by atoms with Gasteiger partial charge in [0.15, 0.2) is 0 Å². The smallest absolute Gasteiger partial charge is 0.250 e. The number of rotatable bonds is 6. The molecule has 128 valence electrons. The second-order valence-electron chi connectivity index (χ2n) is 5.82. The number of hydrogen-bond donors (Lipinski definition) is 1. The van der Waals surface area contributed by atoms with Gasteiger partial charge in [-0.05, 0) is 12.8 Å². The Morgan fingerprint density at radius 2 is 2.38 bits per heavy atom. The second-order valence-corrected chi connectivity index (χ2v) is 5.82. The number of nitrogens with zero attached hydrogens (tertiary/aromatic N) is 4. The van der Waals surface area contributed by atoms with E-state index in [4.69, 9.17) is 4.74 Å². The van der Waals surface area contributed by atoms with Crippen molar-refractivity contribution in [1.29, 1.82) is 0 Å². The number of aromatic amines is 1. The first-order valence-electron chi connectivity index (χ1n) is 8.09. The number of amides is 1. The van der Waals surface area contributed by atoms with Crippen molar-refractivity contribution >= 4 is 5.91 Å². The van der Waals surface area contributed by atoms with Crippen LogP contribution in [0.2, 0.25) is 0 Å². The molecular weight excluding hydrogens is 310 g/mol. The van der Waals surface area contributed by atoms with Gasteiger partial charge in [0.1, 0.15) is 0 Å². The molecule has 1 aliphatic heterocycles. The number of carbonyl (C=O) groups is 1. The highest BCUT2D eigenvalue weighted by Crippen LogP contribution is 2.12. The van der Waals surface area contributed by atoms with Crippen molar-refractivity contribution in [2.45, 2.75) is 31.9 Å². The van der Waals surface area contributed by atoms with Crippen LogP contribution in [-0.4, -0.2) is 56.1 Å². The molecule has 1 aliphatic rings. The summed E-state index contributed by atoms with van der Waals surface area (Å²) in [5, 5.41) is 0. The number of nitrogens with one attached hydrogen (secondary N) is 1. The maximum atomic E-state index is 12.3. The number of H-pyrrole nitrogens is 1. The maximum Gasteiger partial charge on any atom is 0.250 e. The van der Waals surface area contributed by atoms with Crippen LogP contribution in [0, 0.1) is 0 Å². The van der Waals surface area contributed by atoms with Crippen molar-refractivity contribution in [3.05, 3.63) is 47.2 Å². The third-order valence-electron chi connectivity index (χ3n) is 4.09. The van der Waals surface area contributed by atoms with E-state index in [9.17, 15) is 9.59 Å². The summed E-state index contributed by atoms with van der Waals surface area (Å²) in [5.41, 5.74) is 0.590. The van der Waals surface area contributed by atoms with Crippen LogP contribution in [0.5, 0.6) is 0 Å². The summed E-state index contributed by atoms with van der Waals surface area (Å²) < 4.78 is 7.64. The van der Waals surface area contributed by atoms with Crippen LogP contribution in [-0.2, 0) is 22.5 Å². The van der Waals surface area contributed by atoms with Crippen LogP contribution in [0.25, 0.3) is 0 Å². The molecule has 1 amide bonds. The van der Waals surface area contributed by atoms with Crippen molar-refractivity contribution in [1.82, 2.24) is 24.4 Å². The Bertz CT molecular complexity index is 713. The minimum absolute atomic E-state index is 0.0166. The molecule has 1 N–H and O–H groups in total. The molecule has 1 saturated heterocycles. The summed E-state index contributed by atoms with van der Waals surface area (Å²) in [6.45, 7) is 2.40. The molecule has 0 aromatic carbocycles. The largest absolute Gasteiger partial charge is 0.375 e. The van der Waals surface area contributed by atoms with E-state index in [1.165, 1.54) is 12.4 Å². The SMILES string of the molecule is O=C(CCn1ccnc1)N1CCO[C@@H](CCc2cc(=O)[nH]cn2)C1. The number of morpholine rings is 1. The molecule has 1 atom stereocenters. The Morgan fingerprint density at radius 1 is 1.46 bits per heavy atom. The zero-order valence-electron chi connectivity index (χ0n) is 13.4. The van der Waals surface area contributed by atoms with Gasteiger partial charge in [-0.2, -0.15) is 0 Å².